The number of nitrogens with zero attached hydrogens (tertiary/aromatic N) is 3. The standard InChI is InChI=1S/C29H31N5O4/c1-18-22-11-9-19(6-5-13-29(2)27(38-29)26(22)37-28(18)36)16-34-17-21(32-33-34)15-31-25(35)12-10-20-14-30-24-8-4-3-7-23(20)24/h3-4,6-8,10,12,14,17,22,26-27,30H,1,5,9,11,13,15-16H2,2H3,(H,31,35)/b12-10+,19-6+/t22-,26-,27-,29+/m0/s1. The molecule has 0 radical (unpaired) electrons. The second kappa shape index (κ2) is 9.72. The first kappa shape index (κ1) is 24.4. The minimum absolute atomic E-state index is 0.0327. The third kappa shape index (κ3) is 4.81. The number of aromatic amines is 1. The van der Waals surface area contributed by atoms with Crippen molar-refractivity contribution in [2.24, 2.45) is 5.92 Å². The molecule has 0 bridgehead atoms. The first-order valence-electron chi connectivity index (χ1n) is 13.1. The minimum atomic E-state index is -0.304. The van der Waals surface area contributed by atoms with Crippen LogP contribution in [0.2, 0.25) is 0 Å². The van der Waals surface area contributed by atoms with Gasteiger partial charge in [-0.05, 0) is 50.3 Å². The molecule has 6 rings (SSSR count). The van der Waals surface area contributed by atoms with Crippen molar-refractivity contribution in [1.29, 1.82) is 0 Å². The Kier molecular flexibility index (Phi) is 6.23. The lowest BCUT2D eigenvalue weighted by molar-refractivity contribution is -0.140. The van der Waals surface area contributed by atoms with E-state index in [2.05, 4.69) is 40.2 Å². The van der Waals surface area contributed by atoms with Crippen LogP contribution in [0.1, 0.15) is 43.9 Å². The molecule has 2 N–H and O–H groups in total. The van der Waals surface area contributed by atoms with Gasteiger partial charge >= 0.3 is 5.97 Å². The van der Waals surface area contributed by atoms with Crippen LogP contribution < -0.4 is 5.32 Å². The number of aromatic nitrogens is 4. The van der Waals surface area contributed by atoms with Crippen LogP contribution in [0.5, 0.6) is 0 Å². The van der Waals surface area contributed by atoms with Gasteiger partial charge < -0.3 is 19.8 Å². The smallest absolute Gasteiger partial charge is 0.334 e. The highest BCUT2D eigenvalue weighted by Gasteiger charge is 2.61. The number of ether oxygens (including phenoxy) is 2. The molecule has 1 amide bonds. The molecular formula is C29H31N5O4. The van der Waals surface area contributed by atoms with Crippen LogP contribution in [0.15, 0.2) is 66.5 Å². The van der Waals surface area contributed by atoms with Crippen LogP contribution in [0.25, 0.3) is 17.0 Å². The zero-order chi connectivity index (χ0) is 26.3. The number of amides is 1. The predicted octanol–water partition coefficient (Wildman–Crippen LogP) is 3.84. The molecule has 2 aromatic heterocycles. The Morgan fingerprint density at radius 1 is 1.37 bits per heavy atom. The predicted molar refractivity (Wildman–Crippen MR) is 142 cm³/mol. The van der Waals surface area contributed by atoms with E-state index in [1.54, 1.807) is 10.8 Å². The van der Waals surface area contributed by atoms with E-state index in [4.69, 9.17) is 9.47 Å². The number of carbonyl (C=O) groups is 2. The molecule has 9 heteroatoms. The Bertz CT molecular complexity index is 1470. The molecule has 38 heavy (non-hydrogen) atoms. The number of esters is 1. The van der Waals surface area contributed by atoms with Gasteiger partial charge in [0, 0.05) is 34.7 Å². The number of epoxide rings is 1. The molecule has 3 aliphatic rings. The molecule has 9 nitrogen and oxygen atoms in total. The number of nitrogens with one attached hydrogen (secondary N) is 2. The van der Waals surface area contributed by atoms with Crippen LogP contribution in [-0.2, 0) is 32.2 Å². The molecule has 2 saturated heterocycles. The summed E-state index contributed by atoms with van der Waals surface area (Å²) in [4.78, 5) is 27.8. The van der Waals surface area contributed by atoms with Gasteiger partial charge in [0.05, 0.1) is 24.9 Å². The highest BCUT2D eigenvalue weighted by Crippen LogP contribution is 2.49. The highest BCUT2D eigenvalue weighted by molar-refractivity contribution is 5.96. The molecule has 0 saturated carbocycles. The molecule has 2 aliphatic heterocycles. The molecule has 2 fully saturated rings. The van der Waals surface area contributed by atoms with Crippen LogP contribution >= 0.6 is 0 Å². The number of carbonyl (C=O) groups excluding carboxylic acids is 2. The van der Waals surface area contributed by atoms with Gasteiger partial charge in [0.25, 0.3) is 0 Å². The van der Waals surface area contributed by atoms with Gasteiger partial charge in [0.15, 0.2) is 0 Å². The number of allylic oxidation sites excluding steroid dienone is 2. The maximum atomic E-state index is 12.4. The lowest BCUT2D eigenvalue weighted by atomic mass is 9.84. The van der Waals surface area contributed by atoms with E-state index in [0.29, 0.717) is 17.8 Å². The van der Waals surface area contributed by atoms with Gasteiger partial charge in [-0.15, -0.1) is 5.10 Å². The summed E-state index contributed by atoms with van der Waals surface area (Å²) >= 11 is 0. The largest absolute Gasteiger partial charge is 0.455 e. The van der Waals surface area contributed by atoms with Gasteiger partial charge in [-0.3, -0.25) is 4.79 Å². The molecule has 4 heterocycles. The minimum Gasteiger partial charge on any atom is -0.455 e. The molecule has 3 aromatic rings. The normalized spacial score (nSPS) is 28.4. The van der Waals surface area contributed by atoms with E-state index in [0.717, 1.165) is 42.1 Å². The molecule has 1 aliphatic carbocycles. The van der Waals surface area contributed by atoms with Crippen molar-refractivity contribution in [3.8, 4) is 0 Å². The highest BCUT2D eigenvalue weighted by atomic mass is 16.6. The Hall–Kier alpha value is -3.98. The number of fused-ring (bicyclic) bond motifs is 4. The van der Waals surface area contributed by atoms with Crippen LogP contribution in [0.4, 0.5) is 0 Å². The number of rotatable bonds is 6. The van der Waals surface area contributed by atoms with E-state index in [-0.39, 0.29) is 42.1 Å². The molecule has 0 unspecified atom stereocenters. The zero-order valence-corrected chi connectivity index (χ0v) is 21.4. The molecular weight excluding hydrogens is 482 g/mol. The van der Waals surface area contributed by atoms with Gasteiger partial charge in [-0.1, -0.05) is 41.6 Å². The fraction of sp³-hybridized carbons (Fsp3) is 0.379. The van der Waals surface area contributed by atoms with Crippen LogP contribution in [0, 0.1) is 5.92 Å². The summed E-state index contributed by atoms with van der Waals surface area (Å²) in [6.07, 6.45) is 12.4. The fourth-order valence-electron chi connectivity index (χ4n) is 5.60. The molecule has 196 valence electrons. The number of hydrogen-bond acceptors (Lipinski definition) is 6. The number of para-hydroxylation sites is 1. The third-order valence-electron chi connectivity index (χ3n) is 7.87. The zero-order valence-electron chi connectivity index (χ0n) is 21.4. The first-order chi connectivity index (χ1) is 18.4. The maximum Gasteiger partial charge on any atom is 0.334 e. The lowest BCUT2D eigenvalue weighted by Gasteiger charge is -2.20. The van der Waals surface area contributed by atoms with Gasteiger partial charge in [0.2, 0.25) is 5.91 Å². The Balaban J connectivity index is 1.05. The van der Waals surface area contributed by atoms with Crippen molar-refractivity contribution in [3.05, 3.63) is 77.8 Å². The Morgan fingerprint density at radius 3 is 3.13 bits per heavy atom. The van der Waals surface area contributed by atoms with E-state index in [1.807, 2.05) is 36.7 Å². The Morgan fingerprint density at radius 2 is 2.24 bits per heavy atom. The molecule has 4 atom stereocenters. The van der Waals surface area contributed by atoms with E-state index in [9.17, 15) is 9.59 Å². The second-order valence-electron chi connectivity index (χ2n) is 10.5. The summed E-state index contributed by atoms with van der Waals surface area (Å²) in [7, 11) is 0. The van der Waals surface area contributed by atoms with Crippen molar-refractivity contribution in [2.45, 2.75) is 63.5 Å². The first-order valence-corrected chi connectivity index (χ1v) is 13.1. The fourth-order valence-corrected chi connectivity index (χ4v) is 5.60. The molecule has 0 spiro atoms. The van der Waals surface area contributed by atoms with Crippen molar-refractivity contribution >= 4 is 28.9 Å². The van der Waals surface area contributed by atoms with E-state index < -0.39 is 0 Å². The lowest BCUT2D eigenvalue weighted by Crippen LogP contribution is -2.29. The SMILES string of the molecule is C=C1C(=O)O[C@H]2[C@H]1CC/C(Cn1cc(CNC(=O)/C=C/c3c[nH]c4ccccc34)nn1)=C\CC[C@@]1(C)O[C@@H]21. The molecule has 1 aromatic carbocycles. The van der Waals surface area contributed by atoms with Crippen LogP contribution in [0.3, 0.4) is 0 Å². The summed E-state index contributed by atoms with van der Waals surface area (Å²) in [5.74, 6) is -0.534. The van der Waals surface area contributed by atoms with Crippen molar-refractivity contribution in [3.63, 3.8) is 0 Å². The summed E-state index contributed by atoms with van der Waals surface area (Å²) < 4.78 is 13.4. The van der Waals surface area contributed by atoms with Crippen molar-refractivity contribution < 1.29 is 19.1 Å². The number of hydrogen-bond donors (Lipinski definition) is 2. The second-order valence-corrected chi connectivity index (χ2v) is 10.5. The van der Waals surface area contributed by atoms with Crippen molar-refractivity contribution in [1.82, 2.24) is 25.3 Å². The van der Waals surface area contributed by atoms with Crippen LogP contribution in [-0.4, -0.2) is 49.7 Å². The van der Waals surface area contributed by atoms with Gasteiger partial charge in [-0.2, -0.15) is 0 Å². The monoisotopic (exact) mass is 513 g/mol. The van der Waals surface area contributed by atoms with Crippen molar-refractivity contribution in [2.75, 3.05) is 0 Å². The summed E-state index contributed by atoms with van der Waals surface area (Å²) in [6.45, 7) is 6.97. The third-order valence-corrected chi connectivity index (χ3v) is 7.87. The van der Waals surface area contributed by atoms with E-state index in [1.165, 1.54) is 11.6 Å². The van der Waals surface area contributed by atoms with E-state index >= 15 is 0 Å². The summed E-state index contributed by atoms with van der Waals surface area (Å²) in [6, 6.07) is 7.96. The average molecular weight is 514 g/mol. The quantitative estimate of drug-likeness (QED) is 0.224. The number of H-pyrrole nitrogens is 1. The summed E-state index contributed by atoms with van der Waals surface area (Å²) in [5.41, 5.74) is 4.19. The topological polar surface area (TPSA) is 114 Å². The Labute approximate surface area is 220 Å². The van der Waals surface area contributed by atoms with Gasteiger partial charge in [0.1, 0.15) is 17.9 Å². The van der Waals surface area contributed by atoms with Gasteiger partial charge in [-0.25, -0.2) is 9.48 Å². The summed E-state index contributed by atoms with van der Waals surface area (Å²) in [5, 5.41) is 12.4. The average Bonchev–Trinajstić information content (AvgIpc) is 3.22. The number of benzene rings is 1. The maximum absolute atomic E-state index is 12.4.